The molecule has 0 spiro atoms. The van der Waals surface area contributed by atoms with E-state index in [-0.39, 0.29) is 6.61 Å². The Hall–Kier alpha value is -3.35. The molecule has 7 nitrogen and oxygen atoms in total. The second-order valence-electron chi connectivity index (χ2n) is 8.03. The number of ketones is 1. The molecular formula is C27H28NO6P. The molecule has 0 aliphatic rings. The third kappa shape index (κ3) is 6.84. The van der Waals surface area contributed by atoms with E-state index in [2.05, 4.69) is 11.9 Å². The predicted octanol–water partition coefficient (Wildman–Crippen LogP) is 3.80. The van der Waals surface area contributed by atoms with E-state index in [1.165, 1.54) is 6.08 Å². The van der Waals surface area contributed by atoms with Crippen LogP contribution in [0.4, 0.5) is 0 Å². The lowest BCUT2D eigenvalue weighted by Crippen LogP contribution is -2.53. The summed E-state index contributed by atoms with van der Waals surface area (Å²) in [6.07, 6.45) is -0.0183. The first kappa shape index (κ1) is 26.3. The summed E-state index contributed by atoms with van der Waals surface area (Å²) in [5, 5.41) is 3.36. The summed E-state index contributed by atoms with van der Waals surface area (Å²) in [5.41, 5.74) is 1.34. The number of carbonyl (C=O) groups excluding carboxylic acids is 2. The van der Waals surface area contributed by atoms with Crippen LogP contribution in [0, 0.1) is 0 Å². The lowest BCUT2D eigenvalue weighted by atomic mass is 9.76. The molecule has 0 heterocycles. The Labute approximate surface area is 204 Å². The highest BCUT2D eigenvalue weighted by atomic mass is 31.2. The third-order valence-electron chi connectivity index (χ3n) is 5.45. The Kier molecular flexibility index (Phi) is 8.90. The first-order valence-corrected chi connectivity index (χ1v) is 12.8. The Balaban J connectivity index is 2.18. The maximum absolute atomic E-state index is 13.1. The van der Waals surface area contributed by atoms with Gasteiger partial charge in [0.2, 0.25) is 0 Å². The highest BCUT2D eigenvalue weighted by Crippen LogP contribution is 2.38. The van der Waals surface area contributed by atoms with Crippen molar-refractivity contribution < 1.29 is 28.7 Å². The molecule has 0 aliphatic heterocycles. The van der Waals surface area contributed by atoms with Crippen LogP contribution < -0.4 is 5.32 Å². The number of hydrogen-bond acceptors (Lipinski definition) is 5. The van der Waals surface area contributed by atoms with Gasteiger partial charge in [0.25, 0.3) is 0 Å². The Morgan fingerprint density at radius 2 is 1.31 bits per heavy atom. The van der Waals surface area contributed by atoms with Crippen LogP contribution in [-0.4, -0.2) is 40.4 Å². The summed E-state index contributed by atoms with van der Waals surface area (Å²) in [7, 11) is -4.60. The highest BCUT2D eigenvalue weighted by molar-refractivity contribution is 7.52. The average molecular weight is 493 g/mol. The van der Waals surface area contributed by atoms with Crippen molar-refractivity contribution in [1.29, 1.82) is 0 Å². The number of nitrogens with one attached hydrogen (secondary N) is 1. The van der Waals surface area contributed by atoms with Crippen molar-refractivity contribution in [1.82, 2.24) is 5.32 Å². The molecule has 3 aromatic carbocycles. The van der Waals surface area contributed by atoms with Gasteiger partial charge in [0.05, 0.1) is 5.54 Å². The van der Waals surface area contributed by atoms with Crippen LogP contribution in [0.15, 0.2) is 104 Å². The minimum atomic E-state index is -4.60. The SMILES string of the molecule is C=CCOC(=O)[C@H](CC(=O)CP(=O)(O)O)NC(c1ccccc1)(c1ccccc1)c1ccccc1. The molecule has 0 fully saturated rings. The van der Waals surface area contributed by atoms with Crippen LogP contribution in [0.3, 0.4) is 0 Å². The van der Waals surface area contributed by atoms with Gasteiger partial charge in [-0.25, -0.2) is 0 Å². The molecule has 182 valence electrons. The lowest BCUT2D eigenvalue weighted by Gasteiger charge is -2.39. The van der Waals surface area contributed by atoms with Crippen LogP contribution in [0.25, 0.3) is 0 Å². The van der Waals surface area contributed by atoms with Gasteiger partial charge in [-0.1, -0.05) is 104 Å². The monoisotopic (exact) mass is 493 g/mol. The van der Waals surface area contributed by atoms with Gasteiger partial charge in [0.1, 0.15) is 24.6 Å². The van der Waals surface area contributed by atoms with Crippen molar-refractivity contribution in [3.05, 3.63) is 120 Å². The topological polar surface area (TPSA) is 113 Å². The number of ether oxygens (including phenoxy) is 1. The molecule has 3 N–H and O–H groups in total. The molecule has 0 saturated carbocycles. The lowest BCUT2D eigenvalue weighted by molar-refractivity contribution is -0.146. The molecule has 0 bridgehead atoms. The quantitative estimate of drug-likeness (QED) is 0.152. The van der Waals surface area contributed by atoms with Gasteiger partial charge in [-0.2, -0.15) is 0 Å². The summed E-state index contributed by atoms with van der Waals surface area (Å²) >= 11 is 0. The summed E-state index contributed by atoms with van der Waals surface area (Å²) in [6, 6.07) is 27.2. The minimum Gasteiger partial charge on any atom is -0.460 e. The number of hydrogen-bond donors (Lipinski definition) is 3. The van der Waals surface area contributed by atoms with Crippen molar-refractivity contribution in [3.8, 4) is 0 Å². The smallest absolute Gasteiger partial charge is 0.332 e. The molecule has 0 aliphatic carbocycles. The normalized spacial score (nSPS) is 12.5. The fourth-order valence-electron chi connectivity index (χ4n) is 4.03. The second kappa shape index (κ2) is 11.9. The molecule has 3 aromatic rings. The molecular weight excluding hydrogens is 465 g/mol. The van der Waals surface area contributed by atoms with Gasteiger partial charge in [0.15, 0.2) is 0 Å². The van der Waals surface area contributed by atoms with Crippen molar-refractivity contribution >= 4 is 19.3 Å². The first-order chi connectivity index (χ1) is 16.8. The zero-order chi connectivity index (χ0) is 25.3. The molecule has 1 atom stereocenters. The fourth-order valence-corrected chi connectivity index (χ4v) is 4.62. The van der Waals surface area contributed by atoms with Gasteiger partial charge >= 0.3 is 13.6 Å². The third-order valence-corrected chi connectivity index (χ3v) is 6.22. The van der Waals surface area contributed by atoms with E-state index in [0.29, 0.717) is 0 Å². The molecule has 0 radical (unpaired) electrons. The molecule has 3 rings (SSSR count). The van der Waals surface area contributed by atoms with Gasteiger partial charge in [-0.05, 0) is 16.7 Å². The van der Waals surface area contributed by atoms with E-state index < -0.39 is 43.5 Å². The van der Waals surface area contributed by atoms with E-state index in [0.717, 1.165) is 16.7 Å². The number of esters is 1. The molecule has 8 heteroatoms. The van der Waals surface area contributed by atoms with E-state index >= 15 is 0 Å². The van der Waals surface area contributed by atoms with Crippen molar-refractivity contribution in [2.45, 2.75) is 18.0 Å². The minimum absolute atomic E-state index is 0.0707. The predicted molar refractivity (Wildman–Crippen MR) is 134 cm³/mol. The molecule has 0 saturated heterocycles. The van der Waals surface area contributed by atoms with Gasteiger partial charge in [-0.15, -0.1) is 0 Å². The summed E-state index contributed by atoms with van der Waals surface area (Å²) in [5.74, 6) is -1.48. The summed E-state index contributed by atoms with van der Waals surface area (Å²) in [4.78, 5) is 44.3. The second-order valence-corrected chi connectivity index (χ2v) is 9.67. The first-order valence-electron chi connectivity index (χ1n) is 11.0. The van der Waals surface area contributed by atoms with Gasteiger partial charge < -0.3 is 14.5 Å². The molecule has 0 aromatic heterocycles. The van der Waals surface area contributed by atoms with Crippen LogP contribution in [0.1, 0.15) is 23.1 Å². The average Bonchev–Trinajstić information content (AvgIpc) is 2.85. The van der Waals surface area contributed by atoms with Crippen molar-refractivity contribution in [2.24, 2.45) is 0 Å². The van der Waals surface area contributed by atoms with Crippen LogP contribution in [0.2, 0.25) is 0 Å². The largest absolute Gasteiger partial charge is 0.460 e. The number of rotatable bonds is 12. The van der Waals surface area contributed by atoms with Crippen LogP contribution in [-0.2, 0) is 24.4 Å². The van der Waals surface area contributed by atoms with Gasteiger partial charge in [-0.3, -0.25) is 19.5 Å². The van der Waals surface area contributed by atoms with Crippen molar-refractivity contribution in [3.63, 3.8) is 0 Å². The van der Waals surface area contributed by atoms with E-state index in [9.17, 15) is 23.9 Å². The fraction of sp³-hybridized carbons (Fsp3) is 0.185. The van der Waals surface area contributed by atoms with Crippen LogP contribution >= 0.6 is 7.60 Å². The van der Waals surface area contributed by atoms with E-state index in [4.69, 9.17) is 4.74 Å². The summed E-state index contributed by atoms with van der Waals surface area (Å²) in [6.45, 7) is 3.48. The molecule has 0 unspecified atom stereocenters. The maximum atomic E-state index is 13.1. The Bertz CT molecular complexity index is 1080. The molecule has 35 heavy (non-hydrogen) atoms. The number of benzene rings is 3. The number of Topliss-reactive ketones (excluding diaryl/α,β-unsaturated/α-hetero) is 1. The van der Waals surface area contributed by atoms with Crippen LogP contribution in [0.5, 0.6) is 0 Å². The maximum Gasteiger partial charge on any atom is 0.332 e. The van der Waals surface area contributed by atoms with E-state index in [1.807, 2.05) is 91.0 Å². The standard InChI is InChI=1S/C27H28NO6P/c1-2-18-34-26(30)25(19-24(29)20-35(31,32)33)28-27(21-12-6-3-7-13-21,22-14-8-4-9-15-22)23-16-10-5-11-17-23/h2-17,25,28H,1,18-20H2,(H2,31,32,33)/t25-/m0/s1. The van der Waals surface area contributed by atoms with Gasteiger partial charge in [0, 0.05) is 6.42 Å². The van der Waals surface area contributed by atoms with E-state index in [1.54, 1.807) is 0 Å². The molecule has 0 amide bonds. The zero-order valence-electron chi connectivity index (χ0n) is 19.1. The Morgan fingerprint density at radius 3 is 1.69 bits per heavy atom. The van der Waals surface area contributed by atoms with Crippen molar-refractivity contribution in [2.75, 3.05) is 12.8 Å². The zero-order valence-corrected chi connectivity index (χ0v) is 20.0. The highest BCUT2D eigenvalue weighted by Gasteiger charge is 2.41. The summed E-state index contributed by atoms with van der Waals surface area (Å²) < 4.78 is 16.7. The Morgan fingerprint density at radius 1 is 0.886 bits per heavy atom. The number of carbonyl (C=O) groups is 2.